The van der Waals surface area contributed by atoms with Crippen molar-refractivity contribution in [3.8, 4) is 0 Å². The molecular weight excluding hydrogens is 306 g/mol. The zero-order valence-corrected chi connectivity index (χ0v) is 12.9. The van der Waals surface area contributed by atoms with E-state index in [1.54, 1.807) is 24.4 Å². The van der Waals surface area contributed by atoms with Crippen LogP contribution in [0.1, 0.15) is 5.56 Å². The van der Waals surface area contributed by atoms with Crippen LogP contribution in [0.15, 0.2) is 60.8 Å². The third-order valence-electron chi connectivity index (χ3n) is 3.85. The summed E-state index contributed by atoms with van der Waals surface area (Å²) in [5.74, 6) is 0. The van der Waals surface area contributed by atoms with Gasteiger partial charge in [-0.2, -0.15) is 0 Å². The highest BCUT2D eigenvalue weighted by molar-refractivity contribution is 5.96. The molecule has 0 aliphatic heterocycles. The summed E-state index contributed by atoms with van der Waals surface area (Å²) in [6.45, 7) is -0.0553. The number of rotatable bonds is 6. The van der Waals surface area contributed by atoms with Gasteiger partial charge in [-0.1, -0.05) is 30.3 Å². The second-order valence-electron chi connectivity index (χ2n) is 5.50. The fourth-order valence-electron chi connectivity index (χ4n) is 2.71. The number of nitrogens with one attached hydrogen (secondary N) is 1. The maximum absolute atomic E-state index is 11.2. The highest BCUT2D eigenvalue weighted by atomic mass is 16.6. The molecule has 0 amide bonds. The molecule has 2 aromatic carbocycles. The lowest BCUT2D eigenvalue weighted by atomic mass is 10.1. The van der Waals surface area contributed by atoms with Gasteiger partial charge in [-0.05, 0) is 30.2 Å². The molecule has 6 nitrogen and oxygen atoms in total. The average molecular weight is 323 g/mol. The van der Waals surface area contributed by atoms with Gasteiger partial charge < -0.3 is 10.4 Å². The number of benzene rings is 2. The molecule has 0 unspecified atom stereocenters. The third-order valence-corrected chi connectivity index (χ3v) is 3.85. The molecule has 1 atom stereocenters. The van der Waals surface area contributed by atoms with E-state index in [9.17, 15) is 15.2 Å². The average Bonchev–Trinajstić information content (AvgIpc) is 2.62. The molecule has 0 spiro atoms. The number of fused-ring (bicyclic) bond motifs is 1. The summed E-state index contributed by atoms with van der Waals surface area (Å²) in [5, 5.41) is 24.6. The molecular formula is C18H17N3O3. The van der Waals surface area contributed by atoms with Crippen LogP contribution in [-0.4, -0.2) is 27.7 Å². The monoisotopic (exact) mass is 323 g/mol. The van der Waals surface area contributed by atoms with E-state index in [-0.39, 0.29) is 18.3 Å². The molecule has 6 heteroatoms. The fourth-order valence-corrected chi connectivity index (χ4v) is 2.71. The van der Waals surface area contributed by atoms with Gasteiger partial charge in [0.2, 0.25) is 0 Å². The van der Waals surface area contributed by atoms with Crippen molar-refractivity contribution in [2.24, 2.45) is 0 Å². The summed E-state index contributed by atoms with van der Waals surface area (Å²) in [6, 6.07) is 16.1. The summed E-state index contributed by atoms with van der Waals surface area (Å²) >= 11 is 0. The second-order valence-corrected chi connectivity index (χ2v) is 5.50. The molecule has 0 aliphatic carbocycles. The Labute approximate surface area is 138 Å². The lowest BCUT2D eigenvalue weighted by Crippen LogP contribution is -2.26. The zero-order valence-electron chi connectivity index (χ0n) is 12.9. The Kier molecular flexibility index (Phi) is 4.67. The van der Waals surface area contributed by atoms with Crippen molar-refractivity contribution >= 4 is 22.3 Å². The van der Waals surface area contributed by atoms with Gasteiger partial charge in [-0.25, -0.2) is 0 Å². The highest BCUT2D eigenvalue weighted by Crippen LogP contribution is 2.30. The predicted molar refractivity (Wildman–Crippen MR) is 93.0 cm³/mol. The van der Waals surface area contributed by atoms with Crippen molar-refractivity contribution in [1.82, 2.24) is 4.98 Å². The van der Waals surface area contributed by atoms with Crippen molar-refractivity contribution in [2.45, 2.75) is 12.5 Å². The first kappa shape index (κ1) is 15.9. The second kappa shape index (κ2) is 7.06. The molecule has 0 aliphatic rings. The Balaban J connectivity index is 1.91. The van der Waals surface area contributed by atoms with Crippen LogP contribution in [0, 0.1) is 10.1 Å². The normalized spacial score (nSPS) is 12.0. The van der Waals surface area contributed by atoms with E-state index >= 15 is 0 Å². The van der Waals surface area contributed by atoms with Gasteiger partial charge in [-0.15, -0.1) is 0 Å². The standard InChI is InChI=1S/C18H17N3O3/c22-12-14(11-13-5-2-1-3-6-13)20-16-8-9-17(21(23)24)15-7-4-10-19-18(15)16/h1-10,14,20,22H,11-12H2/t14-/m1/s1. The third kappa shape index (κ3) is 3.33. The first-order chi connectivity index (χ1) is 11.7. The van der Waals surface area contributed by atoms with Crippen molar-refractivity contribution in [1.29, 1.82) is 0 Å². The van der Waals surface area contributed by atoms with Crippen LogP contribution in [0.25, 0.3) is 10.9 Å². The SMILES string of the molecule is O=[N+]([O-])c1ccc(N[C@@H](CO)Cc2ccccc2)c2ncccc12. The Hall–Kier alpha value is -2.99. The topological polar surface area (TPSA) is 88.3 Å². The first-order valence-electron chi connectivity index (χ1n) is 7.62. The molecule has 0 radical (unpaired) electrons. The number of hydrogen-bond acceptors (Lipinski definition) is 5. The lowest BCUT2D eigenvalue weighted by Gasteiger charge is -2.18. The van der Waals surface area contributed by atoms with Crippen LogP contribution in [0.2, 0.25) is 0 Å². The minimum absolute atomic E-state index is 0.0206. The lowest BCUT2D eigenvalue weighted by molar-refractivity contribution is -0.383. The quantitative estimate of drug-likeness (QED) is 0.537. The molecule has 2 N–H and O–H groups in total. The molecule has 0 saturated carbocycles. The van der Waals surface area contributed by atoms with Gasteiger partial charge in [0.25, 0.3) is 5.69 Å². The van der Waals surface area contributed by atoms with E-state index in [1.165, 1.54) is 6.07 Å². The van der Waals surface area contributed by atoms with Crippen LogP contribution in [0.4, 0.5) is 11.4 Å². The van der Waals surface area contributed by atoms with Crippen molar-refractivity contribution in [3.05, 3.63) is 76.5 Å². The van der Waals surface area contributed by atoms with Gasteiger partial charge in [0, 0.05) is 12.3 Å². The van der Waals surface area contributed by atoms with Crippen LogP contribution < -0.4 is 5.32 Å². The summed E-state index contributed by atoms with van der Waals surface area (Å²) in [7, 11) is 0. The van der Waals surface area contributed by atoms with Gasteiger partial charge in [0.05, 0.1) is 28.6 Å². The van der Waals surface area contributed by atoms with Crippen molar-refractivity contribution in [3.63, 3.8) is 0 Å². The Morgan fingerprint density at radius 1 is 1.12 bits per heavy atom. The molecule has 1 aromatic heterocycles. The number of anilines is 1. The first-order valence-corrected chi connectivity index (χ1v) is 7.62. The minimum Gasteiger partial charge on any atom is -0.394 e. The maximum Gasteiger partial charge on any atom is 0.278 e. The van der Waals surface area contributed by atoms with E-state index in [2.05, 4.69) is 10.3 Å². The molecule has 122 valence electrons. The molecule has 0 bridgehead atoms. The Morgan fingerprint density at radius 2 is 1.92 bits per heavy atom. The largest absolute Gasteiger partial charge is 0.394 e. The number of non-ortho nitro benzene ring substituents is 1. The Morgan fingerprint density at radius 3 is 2.62 bits per heavy atom. The van der Waals surface area contributed by atoms with Crippen molar-refractivity contribution in [2.75, 3.05) is 11.9 Å². The Bertz CT molecular complexity index is 853. The van der Waals surface area contributed by atoms with E-state index in [1.807, 2.05) is 30.3 Å². The molecule has 3 rings (SSSR count). The summed E-state index contributed by atoms with van der Waals surface area (Å²) < 4.78 is 0. The van der Waals surface area contributed by atoms with E-state index in [4.69, 9.17) is 0 Å². The van der Waals surface area contributed by atoms with Crippen molar-refractivity contribution < 1.29 is 10.0 Å². The zero-order chi connectivity index (χ0) is 16.9. The number of nitro groups is 1. The van der Waals surface area contributed by atoms with E-state index in [0.717, 1.165) is 5.56 Å². The molecule has 1 heterocycles. The van der Waals surface area contributed by atoms with Crippen LogP contribution in [0.3, 0.4) is 0 Å². The number of hydrogen-bond donors (Lipinski definition) is 2. The van der Waals surface area contributed by atoms with Gasteiger partial charge in [0.15, 0.2) is 0 Å². The van der Waals surface area contributed by atoms with Crippen LogP contribution in [0.5, 0.6) is 0 Å². The summed E-state index contributed by atoms with van der Waals surface area (Å²) in [4.78, 5) is 15.0. The minimum atomic E-state index is -0.415. The number of nitrogens with zero attached hydrogens (tertiary/aromatic N) is 2. The maximum atomic E-state index is 11.2. The summed E-state index contributed by atoms with van der Waals surface area (Å²) in [6.07, 6.45) is 2.24. The number of aliphatic hydroxyl groups is 1. The predicted octanol–water partition coefficient (Wildman–Crippen LogP) is 3.16. The number of nitro benzene ring substituents is 1. The fraction of sp³-hybridized carbons (Fsp3) is 0.167. The number of aliphatic hydroxyl groups excluding tert-OH is 1. The van der Waals surface area contributed by atoms with Gasteiger partial charge >= 0.3 is 0 Å². The number of pyridine rings is 1. The van der Waals surface area contributed by atoms with Gasteiger partial charge in [0.1, 0.15) is 5.52 Å². The van der Waals surface area contributed by atoms with Crippen LogP contribution in [-0.2, 0) is 6.42 Å². The van der Waals surface area contributed by atoms with Crippen LogP contribution >= 0.6 is 0 Å². The van der Waals surface area contributed by atoms with Gasteiger partial charge in [-0.3, -0.25) is 15.1 Å². The summed E-state index contributed by atoms with van der Waals surface area (Å²) in [5.41, 5.74) is 2.32. The smallest absolute Gasteiger partial charge is 0.278 e. The number of aromatic nitrogens is 1. The molecule has 3 aromatic rings. The molecule has 0 fully saturated rings. The molecule has 0 saturated heterocycles. The van der Waals surface area contributed by atoms with E-state index < -0.39 is 4.92 Å². The molecule has 24 heavy (non-hydrogen) atoms. The van der Waals surface area contributed by atoms with E-state index in [0.29, 0.717) is 23.0 Å². The highest BCUT2D eigenvalue weighted by Gasteiger charge is 2.17.